The van der Waals surface area contributed by atoms with E-state index < -0.39 is 20.2 Å². The molecule has 2 N–H and O–H groups in total. The quantitative estimate of drug-likeness (QED) is 0.328. The Morgan fingerprint density at radius 2 is 0.864 bits per heavy atom. The largest absolute Gasteiger partial charge is 0.381 e. The van der Waals surface area contributed by atoms with Gasteiger partial charge in [-0.05, 0) is 25.7 Å². The first-order valence-electron chi connectivity index (χ1n) is 7.26. The highest BCUT2D eigenvalue weighted by molar-refractivity contribution is 7.86. The average molecular weight is 362 g/mol. The zero-order valence-corrected chi connectivity index (χ0v) is 14.3. The van der Waals surface area contributed by atoms with Crippen molar-refractivity contribution in [2.24, 2.45) is 0 Å². The summed E-state index contributed by atoms with van der Waals surface area (Å²) in [6.45, 7) is 1.74. The molecule has 0 aromatic heterocycles. The molecule has 22 heavy (non-hydrogen) atoms. The molecule has 0 saturated carbocycles. The predicted octanol–water partition coefficient (Wildman–Crippen LogP) is 1.14. The fraction of sp³-hybridized carbons (Fsp3) is 1.00. The normalized spacial score (nSPS) is 12.6. The molecule has 0 heterocycles. The fourth-order valence-corrected chi connectivity index (χ4v) is 2.62. The summed E-state index contributed by atoms with van der Waals surface area (Å²) in [5, 5.41) is 0. The lowest BCUT2D eigenvalue weighted by Crippen LogP contribution is -2.08. The Bertz CT molecular complexity index is 414. The van der Waals surface area contributed by atoms with Crippen LogP contribution in [0.3, 0.4) is 0 Å². The third-order valence-electron chi connectivity index (χ3n) is 2.71. The van der Waals surface area contributed by atoms with Crippen LogP contribution in [0.2, 0.25) is 0 Å². The maximum absolute atomic E-state index is 10.4. The minimum atomic E-state index is -3.89. The van der Waals surface area contributed by atoms with Crippen molar-refractivity contribution in [3.63, 3.8) is 0 Å². The van der Waals surface area contributed by atoms with Crippen molar-refractivity contribution in [3.8, 4) is 0 Å². The van der Waals surface area contributed by atoms with Crippen LogP contribution in [0.1, 0.15) is 38.5 Å². The number of rotatable bonds is 15. The Morgan fingerprint density at radius 3 is 1.18 bits per heavy atom. The number of hydrogen-bond acceptors (Lipinski definition) is 6. The maximum atomic E-state index is 10.4. The van der Waals surface area contributed by atoms with Crippen molar-refractivity contribution >= 4 is 20.2 Å². The topological polar surface area (TPSA) is 127 Å². The highest BCUT2D eigenvalue weighted by Gasteiger charge is 2.03. The summed E-state index contributed by atoms with van der Waals surface area (Å²) in [5.74, 6) is -0.552. The Kier molecular flexibility index (Phi) is 12.1. The average Bonchev–Trinajstić information content (AvgIpc) is 2.36. The van der Waals surface area contributed by atoms with Gasteiger partial charge in [-0.3, -0.25) is 9.11 Å². The van der Waals surface area contributed by atoms with Gasteiger partial charge >= 0.3 is 0 Å². The van der Waals surface area contributed by atoms with Crippen LogP contribution < -0.4 is 0 Å². The van der Waals surface area contributed by atoms with E-state index in [4.69, 9.17) is 18.6 Å². The Balaban J connectivity index is 3.15. The van der Waals surface area contributed by atoms with Gasteiger partial charge in [0.15, 0.2) is 0 Å². The lowest BCUT2D eigenvalue weighted by atomic mass is 10.2. The second-order valence-corrected chi connectivity index (χ2v) is 8.06. The molecule has 0 aromatic rings. The first-order chi connectivity index (χ1) is 10.2. The first-order valence-corrected chi connectivity index (χ1v) is 10.5. The molecule has 0 aromatic carbocycles. The van der Waals surface area contributed by atoms with Gasteiger partial charge < -0.3 is 9.47 Å². The van der Waals surface area contributed by atoms with Crippen LogP contribution in [-0.4, -0.2) is 63.9 Å². The van der Waals surface area contributed by atoms with E-state index in [2.05, 4.69) is 0 Å². The number of ether oxygens (including phenoxy) is 2. The zero-order valence-electron chi connectivity index (χ0n) is 12.6. The van der Waals surface area contributed by atoms with Crippen LogP contribution >= 0.6 is 0 Å². The minimum Gasteiger partial charge on any atom is -0.381 e. The van der Waals surface area contributed by atoms with Crippen LogP contribution in [0.15, 0.2) is 0 Å². The maximum Gasteiger partial charge on any atom is 0.264 e. The summed E-state index contributed by atoms with van der Waals surface area (Å²) in [7, 11) is -7.78. The lowest BCUT2D eigenvalue weighted by molar-refractivity contribution is 0.122. The SMILES string of the molecule is O=S(=O)(O)CCCOCCCCCCOCCCS(=O)(=O)O. The van der Waals surface area contributed by atoms with Crippen molar-refractivity contribution in [3.05, 3.63) is 0 Å². The Hall–Kier alpha value is -0.260. The number of hydrogen-bond donors (Lipinski definition) is 2. The van der Waals surface area contributed by atoms with E-state index in [1.807, 2.05) is 0 Å². The molecule has 134 valence electrons. The van der Waals surface area contributed by atoms with Gasteiger partial charge in [-0.25, -0.2) is 0 Å². The summed E-state index contributed by atoms with van der Waals surface area (Å²) in [6, 6.07) is 0. The van der Waals surface area contributed by atoms with Crippen LogP contribution in [-0.2, 0) is 29.7 Å². The van der Waals surface area contributed by atoms with Gasteiger partial charge in [0.1, 0.15) is 0 Å². The minimum absolute atomic E-state index is 0.276. The van der Waals surface area contributed by atoms with E-state index in [1.54, 1.807) is 0 Å². The summed E-state index contributed by atoms with van der Waals surface area (Å²) in [6.07, 6.45) is 4.25. The summed E-state index contributed by atoms with van der Waals surface area (Å²) < 4.78 is 69.2. The molecule has 0 saturated heterocycles. The monoisotopic (exact) mass is 362 g/mol. The lowest BCUT2D eigenvalue weighted by Gasteiger charge is -2.05. The predicted molar refractivity (Wildman–Crippen MR) is 82.2 cm³/mol. The molecule has 0 fully saturated rings. The van der Waals surface area contributed by atoms with Crippen molar-refractivity contribution in [1.29, 1.82) is 0 Å². The van der Waals surface area contributed by atoms with E-state index in [-0.39, 0.29) is 24.3 Å². The van der Waals surface area contributed by atoms with Crippen LogP contribution in [0.5, 0.6) is 0 Å². The van der Waals surface area contributed by atoms with Gasteiger partial charge in [-0.1, -0.05) is 12.8 Å². The molecule has 0 radical (unpaired) electrons. The van der Waals surface area contributed by atoms with Crippen molar-refractivity contribution in [1.82, 2.24) is 0 Å². The van der Waals surface area contributed by atoms with Gasteiger partial charge in [0, 0.05) is 26.4 Å². The molecule has 0 atom stereocenters. The molecule has 8 nitrogen and oxygen atoms in total. The van der Waals surface area contributed by atoms with Crippen molar-refractivity contribution in [2.45, 2.75) is 38.5 Å². The van der Waals surface area contributed by atoms with Crippen LogP contribution in [0, 0.1) is 0 Å². The van der Waals surface area contributed by atoms with E-state index in [1.165, 1.54) is 0 Å². The van der Waals surface area contributed by atoms with Gasteiger partial charge in [-0.15, -0.1) is 0 Å². The molecule has 0 aliphatic heterocycles. The molecule has 0 aliphatic rings. The molecule has 0 aliphatic carbocycles. The second-order valence-electron chi connectivity index (χ2n) is 4.92. The molecule has 0 rings (SSSR count). The zero-order chi connectivity index (χ0) is 16.9. The van der Waals surface area contributed by atoms with E-state index in [0.29, 0.717) is 26.4 Å². The van der Waals surface area contributed by atoms with Gasteiger partial charge in [-0.2, -0.15) is 16.8 Å². The molecule has 0 unspecified atom stereocenters. The second kappa shape index (κ2) is 12.2. The van der Waals surface area contributed by atoms with Gasteiger partial charge in [0.2, 0.25) is 0 Å². The van der Waals surface area contributed by atoms with E-state index >= 15 is 0 Å². The molecular weight excluding hydrogens is 336 g/mol. The first kappa shape index (κ1) is 21.7. The van der Waals surface area contributed by atoms with Crippen LogP contribution in [0.4, 0.5) is 0 Å². The van der Waals surface area contributed by atoms with E-state index in [0.717, 1.165) is 25.7 Å². The molecule has 0 spiro atoms. The molecular formula is C12H26O8S2. The fourth-order valence-electron chi connectivity index (χ4n) is 1.65. The molecule has 0 amide bonds. The molecule has 0 bridgehead atoms. The molecule has 10 heteroatoms. The van der Waals surface area contributed by atoms with Gasteiger partial charge in [0.05, 0.1) is 11.5 Å². The van der Waals surface area contributed by atoms with Crippen LogP contribution in [0.25, 0.3) is 0 Å². The Morgan fingerprint density at radius 1 is 0.545 bits per heavy atom. The van der Waals surface area contributed by atoms with Crippen molar-refractivity contribution < 1.29 is 35.4 Å². The van der Waals surface area contributed by atoms with Gasteiger partial charge in [0.25, 0.3) is 20.2 Å². The smallest absolute Gasteiger partial charge is 0.264 e. The van der Waals surface area contributed by atoms with E-state index in [9.17, 15) is 16.8 Å². The van der Waals surface area contributed by atoms with Crippen molar-refractivity contribution in [2.75, 3.05) is 37.9 Å². The summed E-state index contributed by atoms with van der Waals surface area (Å²) in [4.78, 5) is 0. The summed E-state index contributed by atoms with van der Waals surface area (Å²) in [5.41, 5.74) is 0. The highest BCUT2D eigenvalue weighted by atomic mass is 32.2. The Labute approximate surface area is 132 Å². The summed E-state index contributed by atoms with van der Waals surface area (Å²) >= 11 is 0. The third kappa shape index (κ3) is 19.7. The number of unbranched alkanes of at least 4 members (excludes halogenated alkanes) is 3. The highest BCUT2D eigenvalue weighted by Crippen LogP contribution is 2.01. The third-order valence-corrected chi connectivity index (χ3v) is 4.32. The standard InChI is InChI=1S/C12H26O8S2/c13-21(14,15)11-5-9-19-7-3-1-2-4-8-20-10-6-12-22(16,17)18/h1-12H2,(H,13,14,15)(H,16,17,18).